The lowest BCUT2D eigenvalue weighted by molar-refractivity contribution is 0.0780. The second-order valence-corrected chi connectivity index (χ2v) is 4.89. The third kappa shape index (κ3) is 2.05. The molecule has 2 fully saturated rings. The van der Waals surface area contributed by atoms with Crippen LogP contribution in [0.4, 0.5) is 0 Å². The molecular formula is C13H17N3O. The van der Waals surface area contributed by atoms with E-state index in [1.807, 2.05) is 17.0 Å². The lowest BCUT2D eigenvalue weighted by Crippen LogP contribution is -2.41. The fourth-order valence-electron chi connectivity index (χ4n) is 2.86. The van der Waals surface area contributed by atoms with Crippen LogP contribution in [-0.2, 0) is 0 Å². The van der Waals surface area contributed by atoms with Crippen molar-refractivity contribution in [2.45, 2.75) is 18.9 Å². The largest absolute Gasteiger partial charge is 0.335 e. The first-order chi connectivity index (χ1) is 8.34. The first-order valence-corrected chi connectivity index (χ1v) is 6.28. The molecule has 1 aromatic rings. The minimum absolute atomic E-state index is 0.0711. The topological polar surface area (TPSA) is 45.2 Å². The molecule has 90 valence electrons. The number of nitrogens with zero attached hydrogens (tertiary/aromatic N) is 2. The fourth-order valence-corrected chi connectivity index (χ4v) is 2.86. The summed E-state index contributed by atoms with van der Waals surface area (Å²) in [6.07, 6.45) is 4.14. The number of piperidine rings is 1. The van der Waals surface area contributed by atoms with E-state index in [1.165, 1.54) is 12.8 Å². The van der Waals surface area contributed by atoms with Crippen LogP contribution in [0.15, 0.2) is 24.4 Å². The summed E-state index contributed by atoms with van der Waals surface area (Å²) >= 11 is 0. The normalized spacial score (nSPS) is 27.9. The molecule has 1 amide bonds. The molecule has 17 heavy (non-hydrogen) atoms. The minimum atomic E-state index is 0.0711. The van der Waals surface area contributed by atoms with E-state index in [4.69, 9.17) is 0 Å². The molecule has 0 saturated carbocycles. The van der Waals surface area contributed by atoms with Crippen LogP contribution in [0, 0.1) is 5.92 Å². The van der Waals surface area contributed by atoms with Gasteiger partial charge in [0, 0.05) is 25.3 Å². The Labute approximate surface area is 101 Å². The molecule has 3 rings (SSSR count). The van der Waals surface area contributed by atoms with E-state index >= 15 is 0 Å². The Morgan fingerprint density at radius 2 is 2.35 bits per heavy atom. The van der Waals surface area contributed by atoms with Gasteiger partial charge in [-0.25, -0.2) is 0 Å². The van der Waals surface area contributed by atoms with Gasteiger partial charge in [0.15, 0.2) is 0 Å². The molecule has 3 heterocycles. The van der Waals surface area contributed by atoms with Crippen molar-refractivity contribution in [3.05, 3.63) is 30.1 Å². The Morgan fingerprint density at radius 3 is 3.12 bits per heavy atom. The molecule has 2 atom stereocenters. The number of carbonyl (C=O) groups excluding carboxylic acids is 1. The van der Waals surface area contributed by atoms with Gasteiger partial charge in [-0.05, 0) is 37.4 Å². The maximum Gasteiger partial charge on any atom is 0.272 e. The van der Waals surface area contributed by atoms with E-state index in [2.05, 4.69) is 10.3 Å². The lowest BCUT2D eigenvalue weighted by Gasteiger charge is -2.24. The quantitative estimate of drug-likeness (QED) is 0.781. The first-order valence-electron chi connectivity index (χ1n) is 6.28. The highest BCUT2D eigenvalue weighted by molar-refractivity contribution is 5.92. The zero-order valence-electron chi connectivity index (χ0n) is 9.80. The van der Waals surface area contributed by atoms with Crippen LogP contribution < -0.4 is 5.32 Å². The third-order valence-corrected chi connectivity index (χ3v) is 3.77. The van der Waals surface area contributed by atoms with Crippen LogP contribution in [0.1, 0.15) is 23.3 Å². The maximum atomic E-state index is 12.2. The van der Waals surface area contributed by atoms with Gasteiger partial charge in [-0.1, -0.05) is 6.07 Å². The molecular weight excluding hydrogens is 214 g/mol. The summed E-state index contributed by atoms with van der Waals surface area (Å²) in [5, 5.41) is 3.50. The number of pyridine rings is 1. The van der Waals surface area contributed by atoms with Crippen LogP contribution in [0.3, 0.4) is 0 Å². The van der Waals surface area contributed by atoms with Gasteiger partial charge < -0.3 is 10.2 Å². The molecule has 0 bridgehead atoms. The zero-order valence-corrected chi connectivity index (χ0v) is 9.80. The zero-order chi connectivity index (χ0) is 11.7. The van der Waals surface area contributed by atoms with Gasteiger partial charge in [-0.15, -0.1) is 0 Å². The minimum Gasteiger partial charge on any atom is -0.335 e. The molecule has 0 unspecified atom stereocenters. The first kappa shape index (κ1) is 10.7. The number of aromatic nitrogens is 1. The molecule has 2 aliphatic rings. The number of rotatable bonds is 1. The van der Waals surface area contributed by atoms with Crippen molar-refractivity contribution < 1.29 is 4.79 Å². The molecule has 2 aliphatic heterocycles. The van der Waals surface area contributed by atoms with Crippen molar-refractivity contribution >= 4 is 5.91 Å². The molecule has 4 heteroatoms. The standard InChI is InChI=1S/C13H17N3O/c17-13(11-5-1-2-6-14-11)16-8-10-4-3-7-15-12(10)9-16/h1-2,5-6,10,12,15H,3-4,7-9H2/t10-,12+/m0/s1. The predicted octanol–water partition coefficient (Wildman–Crippen LogP) is 0.906. The van der Waals surface area contributed by atoms with E-state index in [0.717, 1.165) is 19.6 Å². The van der Waals surface area contributed by atoms with Crippen molar-refractivity contribution in [1.82, 2.24) is 15.2 Å². The Kier molecular flexibility index (Phi) is 2.81. The number of amides is 1. The van der Waals surface area contributed by atoms with Gasteiger partial charge in [-0.3, -0.25) is 9.78 Å². The van der Waals surface area contributed by atoms with Gasteiger partial charge in [0.2, 0.25) is 0 Å². The van der Waals surface area contributed by atoms with Crippen LogP contribution in [0.25, 0.3) is 0 Å². The Hall–Kier alpha value is -1.42. The van der Waals surface area contributed by atoms with Gasteiger partial charge in [-0.2, -0.15) is 0 Å². The summed E-state index contributed by atoms with van der Waals surface area (Å²) in [7, 11) is 0. The molecule has 0 radical (unpaired) electrons. The molecule has 0 aliphatic carbocycles. The summed E-state index contributed by atoms with van der Waals surface area (Å²) in [6.45, 7) is 2.81. The average molecular weight is 231 g/mol. The number of carbonyl (C=O) groups is 1. The predicted molar refractivity (Wildman–Crippen MR) is 64.7 cm³/mol. The SMILES string of the molecule is O=C(c1ccccn1)N1C[C@@H]2CCCN[C@@H]2C1. The number of likely N-dealkylation sites (tertiary alicyclic amines) is 1. The smallest absolute Gasteiger partial charge is 0.272 e. The van der Waals surface area contributed by atoms with Crippen LogP contribution in [0.2, 0.25) is 0 Å². The highest BCUT2D eigenvalue weighted by atomic mass is 16.2. The van der Waals surface area contributed by atoms with E-state index < -0.39 is 0 Å². The summed E-state index contributed by atoms with van der Waals surface area (Å²) < 4.78 is 0. The molecule has 2 saturated heterocycles. The summed E-state index contributed by atoms with van der Waals surface area (Å²) in [6, 6.07) is 5.98. The van der Waals surface area contributed by atoms with Crippen molar-refractivity contribution in [2.75, 3.05) is 19.6 Å². The molecule has 0 aromatic carbocycles. The summed E-state index contributed by atoms with van der Waals surface area (Å²) in [5.41, 5.74) is 0.561. The van der Waals surface area contributed by atoms with Gasteiger partial charge in [0.05, 0.1) is 0 Å². The molecule has 0 spiro atoms. The maximum absolute atomic E-state index is 12.2. The lowest BCUT2D eigenvalue weighted by atomic mass is 9.94. The summed E-state index contributed by atoms with van der Waals surface area (Å²) in [4.78, 5) is 18.3. The van der Waals surface area contributed by atoms with Gasteiger partial charge >= 0.3 is 0 Å². The van der Waals surface area contributed by atoms with Gasteiger partial charge in [0.1, 0.15) is 5.69 Å². The molecule has 1 aromatic heterocycles. The highest BCUT2D eigenvalue weighted by Crippen LogP contribution is 2.25. The van der Waals surface area contributed by atoms with Gasteiger partial charge in [0.25, 0.3) is 5.91 Å². The molecule has 4 nitrogen and oxygen atoms in total. The second kappa shape index (κ2) is 4.45. The van der Waals surface area contributed by atoms with Crippen molar-refractivity contribution in [3.8, 4) is 0 Å². The van der Waals surface area contributed by atoms with E-state index in [9.17, 15) is 4.79 Å². The van der Waals surface area contributed by atoms with Crippen molar-refractivity contribution in [3.63, 3.8) is 0 Å². The fraction of sp³-hybridized carbons (Fsp3) is 0.538. The Balaban J connectivity index is 1.72. The summed E-state index contributed by atoms with van der Waals surface area (Å²) in [5.74, 6) is 0.707. The highest BCUT2D eigenvalue weighted by Gasteiger charge is 2.36. The van der Waals surface area contributed by atoms with E-state index in [-0.39, 0.29) is 5.91 Å². The molecule has 1 N–H and O–H groups in total. The third-order valence-electron chi connectivity index (χ3n) is 3.77. The Bertz CT molecular complexity index is 392. The van der Waals surface area contributed by atoms with E-state index in [1.54, 1.807) is 12.3 Å². The van der Waals surface area contributed by atoms with E-state index in [0.29, 0.717) is 17.7 Å². The Morgan fingerprint density at radius 1 is 1.41 bits per heavy atom. The van der Waals surface area contributed by atoms with Crippen molar-refractivity contribution in [2.24, 2.45) is 5.92 Å². The monoisotopic (exact) mass is 231 g/mol. The van der Waals surface area contributed by atoms with Crippen LogP contribution in [0.5, 0.6) is 0 Å². The number of hydrogen-bond donors (Lipinski definition) is 1. The average Bonchev–Trinajstić information content (AvgIpc) is 2.82. The number of nitrogens with one attached hydrogen (secondary N) is 1. The second-order valence-electron chi connectivity index (χ2n) is 4.89. The number of fused-ring (bicyclic) bond motifs is 1. The van der Waals surface area contributed by atoms with Crippen LogP contribution >= 0.6 is 0 Å². The number of hydrogen-bond acceptors (Lipinski definition) is 3. The van der Waals surface area contributed by atoms with Crippen LogP contribution in [-0.4, -0.2) is 41.5 Å². The van der Waals surface area contributed by atoms with Crippen molar-refractivity contribution in [1.29, 1.82) is 0 Å².